The van der Waals surface area contributed by atoms with Crippen LogP contribution in [0.5, 0.6) is 0 Å². The van der Waals surface area contributed by atoms with E-state index in [9.17, 15) is 14.5 Å². The topological polar surface area (TPSA) is 46.4 Å². The SMILES string of the molecule is CCN(CC)Cc1c(F)cc(Br)cc1[N+](=O)[O-]. The first-order valence-corrected chi connectivity index (χ1v) is 6.13. The van der Waals surface area contributed by atoms with Crippen LogP contribution < -0.4 is 0 Å². The minimum Gasteiger partial charge on any atom is -0.299 e. The van der Waals surface area contributed by atoms with Crippen molar-refractivity contribution in [2.75, 3.05) is 13.1 Å². The maximum Gasteiger partial charge on any atom is 0.277 e. The maximum absolute atomic E-state index is 13.7. The quantitative estimate of drug-likeness (QED) is 0.619. The van der Waals surface area contributed by atoms with Crippen LogP contribution in [0, 0.1) is 15.9 Å². The van der Waals surface area contributed by atoms with Crippen molar-refractivity contribution in [1.82, 2.24) is 4.90 Å². The predicted molar refractivity (Wildman–Crippen MR) is 67.4 cm³/mol. The molecule has 0 fully saturated rings. The molecular formula is C11H14BrFN2O2. The van der Waals surface area contributed by atoms with Crippen molar-refractivity contribution >= 4 is 21.6 Å². The highest BCUT2D eigenvalue weighted by Gasteiger charge is 2.20. The van der Waals surface area contributed by atoms with Crippen molar-refractivity contribution in [3.63, 3.8) is 0 Å². The molecule has 0 radical (unpaired) electrons. The fourth-order valence-corrected chi connectivity index (χ4v) is 2.00. The average Bonchev–Trinajstić information content (AvgIpc) is 2.27. The zero-order chi connectivity index (χ0) is 13.0. The summed E-state index contributed by atoms with van der Waals surface area (Å²) >= 11 is 3.06. The van der Waals surface area contributed by atoms with E-state index in [1.807, 2.05) is 18.7 Å². The van der Waals surface area contributed by atoms with E-state index >= 15 is 0 Å². The van der Waals surface area contributed by atoms with Crippen LogP contribution in [0.25, 0.3) is 0 Å². The average molecular weight is 305 g/mol. The molecule has 1 aromatic rings. The minimum atomic E-state index is -0.549. The molecule has 1 aromatic carbocycles. The lowest BCUT2D eigenvalue weighted by Crippen LogP contribution is -2.23. The fourth-order valence-electron chi connectivity index (χ4n) is 1.58. The van der Waals surface area contributed by atoms with Gasteiger partial charge in [0.15, 0.2) is 0 Å². The summed E-state index contributed by atoms with van der Waals surface area (Å²) in [5.41, 5.74) is -0.0364. The van der Waals surface area contributed by atoms with Gasteiger partial charge in [-0.3, -0.25) is 15.0 Å². The van der Waals surface area contributed by atoms with Crippen molar-refractivity contribution in [3.05, 3.63) is 38.1 Å². The van der Waals surface area contributed by atoms with Crippen LogP contribution in [-0.4, -0.2) is 22.9 Å². The Morgan fingerprint density at radius 1 is 1.41 bits per heavy atom. The highest BCUT2D eigenvalue weighted by atomic mass is 79.9. The van der Waals surface area contributed by atoms with Gasteiger partial charge >= 0.3 is 0 Å². The van der Waals surface area contributed by atoms with E-state index in [-0.39, 0.29) is 17.8 Å². The molecule has 0 spiro atoms. The molecule has 17 heavy (non-hydrogen) atoms. The Labute approximate surface area is 108 Å². The summed E-state index contributed by atoms with van der Waals surface area (Å²) in [5, 5.41) is 10.9. The van der Waals surface area contributed by atoms with E-state index in [0.29, 0.717) is 4.47 Å². The van der Waals surface area contributed by atoms with Gasteiger partial charge in [-0.2, -0.15) is 0 Å². The lowest BCUT2D eigenvalue weighted by atomic mass is 10.1. The van der Waals surface area contributed by atoms with Crippen LogP contribution in [0.3, 0.4) is 0 Å². The normalized spacial score (nSPS) is 10.9. The zero-order valence-corrected chi connectivity index (χ0v) is 11.3. The molecule has 0 amide bonds. The Morgan fingerprint density at radius 3 is 2.47 bits per heavy atom. The summed E-state index contributed by atoms with van der Waals surface area (Å²) in [6.45, 7) is 5.58. The van der Waals surface area contributed by atoms with Gasteiger partial charge in [0.05, 0.1) is 10.5 Å². The minimum absolute atomic E-state index is 0.141. The van der Waals surface area contributed by atoms with Gasteiger partial charge < -0.3 is 0 Å². The van der Waals surface area contributed by atoms with E-state index in [1.54, 1.807) is 0 Å². The van der Waals surface area contributed by atoms with E-state index < -0.39 is 10.7 Å². The smallest absolute Gasteiger partial charge is 0.277 e. The number of benzene rings is 1. The summed E-state index contributed by atoms with van der Waals surface area (Å²) < 4.78 is 14.1. The third-order valence-corrected chi connectivity index (χ3v) is 3.07. The van der Waals surface area contributed by atoms with Crippen molar-refractivity contribution in [3.8, 4) is 0 Å². The number of halogens is 2. The number of hydrogen-bond donors (Lipinski definition) is 0. The molecule has 0 aromatic heterocycles. The van der Waals surface area contributed by atoms with Crippen LogP contribution in [0.4, 0.5) is 10.1 Å². The van der Waals surface area contributed by atoms with Gasteiger partial charge in [-0.15, -0.1) is 0 Å². The first-order valence-electron chi connectivity index (χ1n) is 5.34. The van der Waals surface area contributed by atoms with Crippen LogP contribution in [0.2, 0.25) is 0 Å². The monoisotopic (exact) mass is 304 g/mol. The van der Waals surface area contributed by atoms with Crippen molar-refractivity contribution < 1.29 is 9.31 Å². The Kier molecular flexibility index (Phi) is 5.02. The van der Waals surface area contributed by atoms with Crippen LogP contribution >= 0.6 is 15.9 Å². The van der Waals surface area contributed by atoms with Crippen LogP contribution in [0.1, 0.15) is 19.4 Å². The zero-order valence-electron chi connectivity index (χ0n) is 9.74. The van der Waals surface area contributed by atoms with Crippen molar-refractivity contribution in [1.29, 1.82) is 0 Å². The van der Waals surface area contributed by atoms with E-state index in [1.165, 1.54) is 12.1 Å². The van der Waals surface area contributed by atoms with Gasteiger partial charge in [-0.05, 0) is 19.2 Å². The summed E-state index contributed by atoms with van der Waals surface area (Å²) in [7, 11) is 0. The molecule has 0 N–H and O–H groups in total. The van der Waals surface area contributed by atoms with Gasteiger partial charge in [0.25, 0.3) is 5.69 Å². The van der Waals surface area contributed by atoms with E-state index in [0.717, 1.165) is 13.1 Å². The molecule has 4 nitrogen and oxygen atoms in total. The molecule has 0 saturated carbocycles. The Morgan fingerprint density at radius 2 is 2.00 bits per heavy atom. The second-order valence-electron chi connectivity index (χ2n) is 3.60. The van der Waals surface area contributed by atoms with Gasteiger partial charge in [0, 0.05) is 17.1 Å². The number of nitro groups is 1. The molecule has 0 saturated heterocycles. The molecule has 0 unspecified atom stereocenters. The van der Waals surface area contributed by atoms with Gasteiger partial charge in [-0.25, -0.2) is 4.39 Å². The molecule has 0 atom stereocenters. The second-order valence-corrected chi connectivity index (χ2v) is 4.52. The number of nitrogens with zero attached hydrogens (tertiary/aromatic N) is 2. The second kappa shape index (κ2) is 6.07. The lowest BCUT2D eigenvalue weighted by Gasteiger charge is -2.18. The summed E-state index contributed by atoms with van der Waals surface area (Å²) in [4.78, 5) is 12.3. The lowest BCUT2D eigenvalue weighted by molar-refractivity contribution is -0.386. The fraction of sp³-hybridized carbons (Fsp3) is 0.455. The van der Waals surface area contributed by atoms with E-state index in [2.05, 4.69) is 15.9 Å². The van der Waals surface area contributed by atoms with Crippen LogP contribution in [-0.2, 0) is 6.54 Å². The highest BCUT2D eigenvalue weighted by Crippen LogP contribution is 2.27. The van der Waals surface area contributed by atoms with Crippen molar-refractivity contribution in [2.24, 2.45) is 0 Å². The number of hydrogen-bond acceptors (Lipinski definition) is 3. The largest absolute Gasteiger partial charge is 0.299 e. The molecule has 6 heteroatoms. The molecule has 0 heterocycles. The first-order chi connectivity index (χ1) is 7.99. The van der Waals surface area contributed by atoms with Gasteiger partial charge in [0.1, 0.15) is 5.82 Å². The molecule has 0 aliphatic heterocycles. The van der Waals surface area contributed by atoms with Gasteiger partial charge in [-0.1, -0.05) is 29.8 Å². The summed E-state index contributed by atoms with van der Waals surface area (Å²) in [6.07, 6.45) is 0. The predicted octanol–water partition coefficient (Wildman–Crippen LogP) is 3.34. The number of nitro benzene ring substituents is 1. The highest BCUT2D eigenvalue weighted by molar-refractivity contribution is 9.10. The number of rotatable bonds is 5. The molecule has 94 valence electrons. The molecular weight excluding hydrogens is 291 g/mol. The molecule has 0 bridgehead atoms. The van der Waals surface area contributed by atoms with E-state index in [4.69, 9.17) is 0 Å². The van der Waals surface area contributed by atoms with Gasteiger partial charge in [0.2, 0.25) is 0 Å². The molecule has 1 rings (SSSR count). The molecule has 0 aliphatic rings. The standard InChI is InChI=1S/C11H14BrFN2O2/c1-3-14(4-2)7-9-10(13)5-8(12)6-11(9)15(16)17/h5-6H,3-4,7H2,1-2H3. The maximum atomic E-state index is 13.7. The summed E-state index contributed by atoms with van der Waals surface area (Å²) in [6, 6.07) is 2.59. The Balaban J connectivity index is 3.16. The third-order valence-electron chi connectivity index (χ3n) is 2.61. The van der Waals surface area contributed by atoms with Crippen molar-refractivity contribution in [2.45, 2.75) is 20.4 Å². The summed E-state index contributed by atoms with van der Waals surface area (Å²) in [5.74, 6) is -0.544. The third kappa shape index (κ3) is 3.47. The molecule has 0 aliphatic carbocycles. The Bertz CT molecular complexity index is 422. The van der Waals surface area contributed by atoms with Crippen LogP contribution in [0.15, 0.2) is 16.6 Å². The first kappa shape index (κ1) is 14.1. The Hall–Kier alpha value is -1.01.